The zero-order chi connectivity index (χ0) is 14.8. The summed E-state index contributed by atoms with van der Waals surface area (Å²) < 4.78 is 22.2. The second-order valence-corrected chi connectivity index (χ2v) is 7.87. The van der Waals surface area contributed by atoms with Gasteiger partial charge >= 0.3 is 0 Å². The predicted octanol–water partition coefficient (Wildman–Crippen LogP) is 2.17. The van der Waals surface area contributed by atoms with E-state index in [2.05, 4.69) is 15.6 Å². The molecule has 21 heavy (non-hydrogen) atoms. The van der Waals surface area contributed by atoms with Crippen molar-refractivity contribution in [3.8, 4) is 0 Å². The molecule has 1 rings (SSSR count). The van der Waals surface area contributed by atoms with Gasteiger partial charge in [-0.2, -0.15) is 0 Å². The second kappa shape index (κ2) is 11.5. The molecule has 0 aromatic heterocycles. The van der Waals surface area contributed by atoms with E-state index in [1.54, 1.807) is 0 Å². The molecule has 1 fully saturated rings. The predicted molar refractivity (Wildman–Crippen MR) is 100 cm³/mol. The summed E-state index contributed by atoms with van der Waals surface area (Å²) >= 11 is 0. The maximum absolute atomic E-state index is 11.1. The van der Waals surface area contributed by atoms with Crippen molar-refractivity contribution in [3.05, 3.63) is 0 Å². The Balaban J connectivity index is 0.00000400. The Morgan fingerprint density at radius 3 is 2.48 bits per heavy atom. The topological polar surface area (TPSA) is 70.6 Å². The Morgan fingerprint density at radius 2 is 1.90 bits per heavy atom. The van der Waals surface area contributed by atoms with E-state index in [9.17, 15) is 8.42 Å². The molecule has 0 unspecified atom stereocenters. The Kier molecular flexibility index (Phi) is 11.5. The second-order valence-electron chi connectivity index (χ2n) is 5.61. The highest BCUT2D eigenvalue weighted by Crippen LogP contribution is 2.28. The molecule has 1 aliphatic rings. The van der Waals surface area contributed by atoms with Gasteiger partial charge in [0.2, 0.25) is 0 Å². The number of nitrogens with one attached hydrogen (secondary N) is 2. The van der Waals surface area contributed by atoms with Gasteiger partial charge in [0.05, 0.1) is 5.75 Å². The van der Waals surface area contributed by atoms with Gasteiger partial charge < -0.3 is 10.6 Å². The van der Waals surface area contributed by atoms with Crippen molar-refractivity contribution in [1.29, 1.82) is 0 Å². The lowest BCUT2D eigenvalue weighted by Crippen LogP contribution is -2.39. The summed E-state index contributed by atoms with van der Waals surface area (Å²) in [5, 5.41) is 6.21. The van der Waals surface area contributed by atoms with Crippen molar-refractivity contribution in [3.63, 3.8) is 0 Å². The van der Waals surface area contributed by atoms with Crippen LogP contribution in [0, 0.1) is 5.92 Å². The van der Waals surface area contributed by atoms with Gasteiger partial charge in [-0.05, 0) is 25.7 Å². The summed E-state index contributed by atoms with van der Waals surface area (Å²) in [4.78, 5) is 4.49. The third-order valence-corrected chi connectivity index (χ3v) is 4.57. The minimum Gasteiger partial charge on any atom is -0.357 e. The first-order valence-electron chi connectivity index (χ1n) is 7.71. The van der Waals surface area contributed by atoms with E-state index < -0.39 is 9.84 Å². The van der Waals surface area contributed by atoms with E-state index in [-0.39, 0.29) is 29.7 Å². The molecule has 0 saturated heterocycles. The number of rotatable bonds is 8. The molecule has 0 amide bonds. The molecule has 2 N–H and O–H groups in total. The van der Waals surface area contributed by atoms with Crippen LogP contribution < -0.4 is 10.6 Å². The number of aliphatic imine (C=N–C) groups is 1. The standard InChI is InChI=1S/C14H29N3O2S.HI/c1-3-15-14(17-11-12-20(2,18)19)16-10-6-9-13-7-4-5-8-13;/h13H,3-12H2,1-2H3,(H2,15,16,17);1H. The normalized spacial score (nSPS) is 16.6. The van der Waals surface area contributed by atoms with E-state index in [4.69, 9.17) is 0 Å². The number of halogens is 1. The third kappa shape index (κ3) is 11.2. The molecule has 0 spiro atoms. The van der Waals surface area contributed by atoms with E-state index in [0.717, 1.165) is 31.4 Å². The molecular weight excluding hydrogens is 401 g/mol. The Labute approximate surface area is 146 Å². The van der Waals surface area contributed by atoms with Crippen molar-refractivity contribution in [2.75, 3.05) is 31.6 Å². The Hall–Kier alpha value is -0.0500. The minimum absolute atomic E-state index is 0. The SMILES string of the molecule is CCNC(=NCCCC1CCCC1)NCCS(C)(=O)=O.I. The largest absolute Gasteiger partial charge is 0.357 e. The first-order valence-corrected chi connectivity index (χ1v) is 9.77. The van der Waals surface area contributed by atoms with Gasteiger partial charge in [0.15, 0.2) is 5.96 Å². The zero-order valence-electron chi connectivity index (χ0n) is 13.2. The Bertz CT molecular complexity index is 393. The van der Waals surface area contributed by atoms with Crippen molar-refractivity contribution in [2.24, 2.45) is 10.9 Å². The smallest absolute Gasteiger partial charge is 0.191 e. The summed E-state index contributed by atoms with van der Waals surface area (Å²) in [6.07, 6.45) is 9.19. The highest BCUT2D eigenvalue weighted by Gasteiger charge is 2.13. The molecule has 1 aliphatic carbocycles. The molecule has 0 bridgehead atoms. The van der Waals surface area contributed by atoms with Crippen LogP contribution in [0.2, 0.25) is 0 Å². The maximum Gasteiger partial charge on any atom is 0.191 e. The summed E-state index contributed by atoms with van der Waals surface area (Å²) in [5.74, 6) is 1.77. The van der Waals surface area contributed by atoms with Crippen LogP contribution in [0.4, 0.5) is 0 Å². The van der Waals surface area contributed by atoms with E-state index in [1.165, 1.54) is 38.4 Å². The van der Waals surface area contributed by atoms with Gasteiger partial charge in [-0.15, -0.1) is 24.0 Å². The van der Waals surface area contributed by atoms with Crippen molar-refractivity contribution < 1.29 is 8.42 Å². The highest BCUT2D eigenvalue weighted by molar-refractivity contribution is 14.0. The lowest BCUT2D eigenvalue weighted by Gasteiger charge is -2.11. The van der Waals surface area contributed by atoms with Gasteiger partial charge in [0.1, 0.15) is 9.84 Å². The van der Waals surface area contributed by atoms with E-state index in [0.29, 0.717) is 6.54 Å². The monoisotopic (exact) mass is 431 g/mol. The molecule has 0 aliphatic heterocycles. The average molecular weight is 431 g/mol. The van der Waals surface area contributed by atoms with Gasteiger partial charge in [-0.1, -0.05) is 25.7 Å². The number of nitrogens with zero attached hydrogens (tertiary/aromatic N) is 1. The third-order valence-electron chi connectivity index (χ3n) is 3.62. The molecule has 5 nitrogen and oxygen atoms in total. The van der Waals surface area contributed by atoms with Crippen LogP contribution >= 0.6 is 24.0 Å². The highest BCUT2D eigenvalue weighted by atomic mass is 127. The number of sulfone groups is 1. The Morgan fingerprint density at radius 1 is 1.24 bits per heavy atom. The fourth-order valence-electron chi connectivity index (χ4n) is 2.57. The summed E-state index contributed by atoms with van der Waals surface area (Å²) in [6.45, 7) is 4.01. The molecule has 1 saturated carbocycles. The molecule has 0 atom stereocenters. The van der Waals surface area contributed by atoms with Crippen LogP contribution in [0.3, 0.4) is 0 Å². The summed E-state index contributed by atoms with van der Waals surface area (Å²) in [5.41, 5.74) is 0. The van der Waals surface area contributed by atoms with Gasteiger partial charge in [0.25, 0.3) is 0 Å². The van der Waals surface area contributed by atoms with Crippen molar-refractivity contribution in [1.82, 2.24) is 10.6 Å². The fourth-order valence-corrected chi connectivity index (χ4v) is 3.04. The quantitative estimate of drug-likeness (QED) is 0.268. The average Bonchev–Trinajstić information content (AvgIpc) is 2.86. The van der Waals surface area contributed by atoms with Crippen LogP contribution in [0.25, 0.3) is 0 Å². The van der Waals surface area contributed by atoms with Gasteiger partial charge in [-0.3, -0.25) is 4.99 Å². The van der Waals surface area contributed by atoms with Crippen LogP contribution in [-0.2, 0) is 9.84 Å². The molecule has 0 heterocycles. The van der Waals surface area contributed by atoms with E-state index >= 15 is 0 Å². The van der Waals surface area contributed by atoms with Crippen LogP contribution in [0.5, 0.6) is 0 Å². The van der Waals surface area contributed by atoms with Gasteiger partial charge in [0, 0.05) is 25.9 Å². The minimum atomic E-state index is -2.92. The number of hydrogen-bond acceptors (Lipinski definition) is 3. The molecule has 0 radical (unpaired) electrons. The maximum atomic E-state index is 11.1. The molecule has 7 heteroatoms. The summed E-state index contributed by atoms with van der Waals surface area (Å²) in [6, 6.07) is 0. The molecular formula is C14H30IN3O2S. The van der Waals surface area contributed by atoms with Crippen molar-refractivity contribution >= 4 is 39.8 Å². The lowest BCUT2D eigenvalue weighted by atomic mass is 10.0. The first-order chi connectivity index (χ1) is 9.51. The fraction of sp³-hybridized carbons (Fsp3) is 0.929. The first kappa shape index (κ1) is 20.9. The number of hydrogen-bond donors (Lipinski definition) is 2. The van der Waals surface area contributed by atoms with Gasteiger partial charge in [-0.25, -0.2) is 8.42 Å². The van der Waals surface area contributed by atoms with Crippen molar-refractivity contribution in [2.45, 2.75) is 45.4 Å². The number of guanidine groups is 1. The lowest BCUT2D eigenvalue weighted by molar-refractivity contribution is 0.487. The van der Waals surface area contributed by atoms with Crippen LogP contribution in [0.1, 0.15) is 45.4 Å². The summed E-state index contributed by atoms with van der Waals surface area (Å²) in [7, 11) is -2.92. The van der Waals surface area contributed by atoms with Crippen LogP contribution in [0.15, 0.2) is 4.99 Å². The zero-order valence-corrected chi connectivity index (χ0v) is 16.4. The molecule has 0 aromatic rings. The van der Waals surface area contributed by atoms with E-state index in [1.807, 2.05) is 6.92 Å². The molecule has 126 valence electrons. The molecule has 0 aromatic carbocycles. The van der Waals surface area contributed by atoms with Crippen LogP contribution in [-0.4, -0.2) is 46.0 Å².